The monoisotopic (exact) mass is 482 g/mol. The zero-order chi connectivity index (χ0) is 23.1. The first-order chi connectivity index (χ1) is 16.1. The van der Waals surface area contributed by atoms with Gasteiger partial charge in [0, 0.05) is 21.9 Å². The number of thioether (sulfide) groups is 1. The van der Waals surface area contributed by atoms with Crippen molar-refractivity contribution in [1.29, 1.82) is 0 Å². The fourth-order valence-corrected chi connectivity index (χ4v) is 6.82. The summed E-state index contributed by atoms with van der Waals surface area (Å²) in [5, 5.41) is 11.9. The lowest BCUT2D eigenvalue weighted by Crippen LogP contribution is -2.32. The summed E-state index contributed by atoms with van der Waals surface area (Å²) in [7, 11) is 0. The van der Waals surface area contributed by atoms with E-state index in [-0.39, 0.29) is 23.7 Å². The quantitative estimate of drug-likeness (QED) is 0.277. The molecule has 0 aliphatic carbocycles. The molecule has 2 heterocycles. The van der Waals surface area contributed by atoms with Gasteiger partial charge in [-0.2, -0.15) is 0 Å². The van der Waals surface area contributed by atoms with Gasteiger partial charge < -0.3 is 4.74 Å². The topological polar surface area (TPSA) is 87.7 Å². The Kier molecular flexibility index (Phi) is 7.69. The fraction of sp³-hybridized carbons (Fsp3) is 0.280. The Bertz CT molecular complexity index is 1090. The third-order valence-electron chi connectivity index (χ3n) is 5.59. The van der Waals surface area contributed by atoms with E-state index < -0.39 is 6.09 Å². The maximum absolute atomic E-state index is 12.2. The Labute approximate surface area is 201 Å². The van der Waals surface area contributed by atoms with Gasteiger partial charge in [-0.15, -0.1) is 23.1 Å². The molecule has 4 rings (SSSR count). The van der Waals surface area contributed by atoms with Crippen LogP contribution >= 0.6 is 23.1 Å². The first-order valence-corrected chi connectivity index (χ1v) is 12.6. The summed E-state index contributed by atoms with van der Waals surface area (Å²) >= 11 is 3.45. The van der Waals surface area contributed by atoms with E-state index in [9.17, 15) is 9.59 Å². The van der Waals surface area contributed by atoms with E-state index in [0.717, 1.165) is 45.9 Å². The third kappa shape index (κ3) is 5.96. The number of benzene rings is 2. The molecule has 0 unspecified atom stereocenters. The van der Waals surface area contributed by atoms with Crippen LogP contribution in [0.4, 0.5) is 10.5 Å². The van der Waals surface area contributed by atoms with Gasteiger partial charge in [0.1, 0.15) is 6.61 Å². The molecule has 0 saturated carbocycles. The highest BCUT2D eigenvalue weighted by Gasteiger charge is 2.38. The van der Waals surface area contributed by atoms with E-state index >= 15 is 0 Å². The number of hydroxylamine groups is 1. The number of carbonyl (C=O) groups excluding carboxylic acids is 2. The van der Waals surface area contributed by atoms with Gasteiger partial charge in [-0.3, -0.25) is 15.3 Å². The number of ether oxygens (including phenoxy) is 1. The second-order valence-corrected chi connectivity index (χ2v) is 10.5. The summed E-state index contributed by atoms with van der Waals surface area (Å²) in [5.41, 5.74) is 4.36. The molecule has 1 fully saturated rings. The Morgan fingerprint density at radius 3 is 2.64 bits per heavy atom. The van der Waals surface area contributed by atoms with Gasteiger partial charge >= 0.3 is 6.09 Å². The predicted octanol–water partition coefficient (Wildman–Crippen LogP) is 6.17. The number of carbonyl (C=O) groups is 2. The molecule has 1 aliphatic heterocycles. The molecule has 0 radical (unpaired) electrons. The van der Waals surface area contributed by atoms with Crippen molar-refractivity contribution in [1.82, 2.24) is 5.48 Å². The highest BCUT2D eigenvalue weighted by Crippen LogP contribution is 2.50. The summed E-state index contributed by atoms with van der Waals surface area (Å²) in [4.78, 5) is 26.4. The average molecular weight is 483 g/mol. The van der Waals surface area contributed by atoms with E-state index in [1.54, 1.807) is 28.6 Å². The average Bonchev–Trinajstić information content (AvgIpc) is 3.35. The highest BCUT2D eigenvalue weighted by atomic mass is 32.2. The van der Waals surface area contributed by atoms with Gasteiger partial charge in [0.15, 0.2) is 0 Å². The molecule has 1 aliphatic rings. The van der Waals surface area contributed by atoms with Gasteiger partial charge in [-0.25, -0.2) is 10.3 Å². The standard InChI is InChI=1S/C25H26N2O4S2/c28-23(27-30)16-25(13-4-5-14-32-25)22-12-11-21(33-22)19-9-6-10-20(15-19)26-24(29)31-17-18-7-2-1-3-8-18/h1-3,6-12,15,30H,4-5,13-14,16-17H2,(H,26,29)(H,27,28)/t25-/m0/s1. The second kappa shape index (κ2) is 10.9. The smallest absolute Gasteiger partial charge is 0.411 e. The molecule has 3 aromatic rings. The largest absolute Gasteiger partial charge is 0.444 e. The van der Waals surface area contributed by atoms with Crippen LogP contribution in [0.1, 0.15) is 36.1 Å². The van der Waals surface area contributed by atoms with Crippen molar-refractivity contribution in [3.8, 4) is 10.4 Å². The Morgan fingerprint density at radius 1 is 1.03 bits per heavy atom. The van der Waals surface area contributed by atoms with Gasteiger partial charge in [-0.05, 0) is 54.0 Å². The highest BCUT2D eigenvalue weighted by molar-refractivity contribution is 8.00. The van der Waals surface area contributed by atoms with Gasteiger partial charge in [0.25, 0.3) is 0 Å². The molecule has 6 nitrogen and oxygen atoms in total. The SMILES string of the molecule is O=C(C[C@]1(c2ccc(-c3cccc(NC(=O)OCc4ccccc4)c3)s2)CCCCS1)NO. The molecule has 0 spiro atoms. The zero-order valence-corrected chi connectivity index (χ0v) is 19.7. The molecule has 1 saturated heterocycles. The van der Waals surface area contributed by atoms with Crippen LogP contribution in [0.2, 0.25) is 0 Å². The number of hydrogen-bond acceptors (Lipinski definition) is 6. The van der Waals surface area contributed by atoms with Crippen LogP contribution in [0.15, 0.2) is 66.7 Å². The van der Waals surface area contributed by atoms with Crippen molar-refractivity contribution >= 4 is 40.8 Å². The van der Waals surface area contributed by atoms with E-state index in [4.69, 9.17) is 9.94 Å². The van der Waals surface area contributed by atoms with Gasteiger partial charge in [-0.1, -0.05) is 48.9 Å². The first kappa shape index (κ1) is 23.4. The summed E-state index contributed by atoms with van der Waals surface area (Å²) in [5.74, 6) is 0.635. The molecular formula is C25H26N2O4S2. The molecule has 0 bridgehead atoms. The van der Waals surface area contributed by atoms with Crippen LogP contribution in [0.25, 0.3) is 10.4 Å². The summed E-state index contributed by atoms with van der Waals surface area (Å²) in [6, 6.07) is 21.3. The first-order valence-electron chi connectivity index (χ1n) is 10.8. The molecule has 2 amide bonds. The number of rotatable bonds is 7. The van der Waals surface area contributed by atoms with Gasteiger partial charge in [0.2, 0.25) is 5.91 Å². The summed E-state index contributed by atoms with van der Waals surface area (Å²) in [6.45, 7) is 0.210. The summed E-state index contributed by atoms with van der Waals surface area (Å²) in [6.07, 6.45) is 2.85. The lowest BCUT2D eigenvalue weighted by Gasteiger charge is -2.35. The third-order valence-corrected chi connectivity index (χ3v) is 8.67. The predicted molar refractivity (Wildman–Crippen MR) is 133 cm³/mol. The van der Waals surface area contributed by atoms with Crippen molar-refractivity contribution in [2.45, 2.75) is 37.0 Å². The number of thiophene rings is 1. The zero-order valence-electron chi connectivity index (χ0n) is 18.1. The number of anilines is 1. The summed E-state index contributed by atoms with van der Waals surface area (Å²) < 4.78 is 5.00. The van der Waals surface area contributed by atoms with Crippen molar-refractivity contribution in [3.05, 3.63) is 77.2 Å². The number of nitrogens with one attached hydrogen (secondary N) is 2. The van der Waals surface area contributed by atoms with Crippen LogP contribution < -0.4 is 10.8 Å². The Hall–Kier alpha value is -2.81. The fourth-order valence-electron chi connectivity index (χ4n) is 3.94. The minimum absolute atomic E-state index is 0.210. The molecule has 3 N–H and O–H groups in total. The van der Waals surface area contributed by atoms with E-state index in [0.29, 0.717) is 5.69 Å². The normalized spacial score (nSPS) is 17.8. The molecule has 2 aromatic carbocycles. The number of amides is 2. The molecule has 1 atom stereocenters. The van der Waals surface area contributed by atoms with Crippen LogP contribution in [0.3, 0.4) is 0 Å². The minimum Gasteiger partial charge on any atom is -0.444 e. The van der Waals surface area contributed by atoms with Crippen molar-refractivity contribution < 1.29 is 19.5 Å². The lowest BCUT2D eigenvalue weighted by molar-refractivity contribution is -0.129. The van der Waals surface area contributed by atoms with Crippen molar-refractivity contribution in [3.63, 3.8) is 0 Å². The maximum Gasteiger partial charge on any atom is 0.411 e. The van der Waals surface area contributed by atoms with Crippen LogP contribution in [-0.2, 0) is 20.9 Å². The van der Waals surface area contributed by atoms with Crippen LogP contribution in [0, 0.1) is 0 Å². The molecule has 8 heteroatoms. The van der Waals surface area contributed by atoms with Crippen molar-refractivity contribution in [2.75, 3.05) is 11.1 Å². The number of hydrogen-bond donors (Lipinski definition) is 3. The molecular weight excluding hydrogens is 456 g/mol. The van der Waals surface area contributed by atoms with E-state index in [2.05, 4.69) is 17.4 Å². The molecule has 172 valence electrons. The van der Waals surface area contributed by atoms with E-state index in [1.165, 1.54) is 0 Å². The lowest BCUT2D eigenvalue weighted by atomic mass is 9.94. The van der Waals surface area contributed by atoms with Gasteiger partial charge in [0.05, 0.1) is 4.75 Å². The Morgan fingerprint density at radius 2 is 1.88 bits per heavy atom. The molecule has 1 aromatic heterocycles. The molecule has 33 heavy (non-hydrogen) atoms. The Balaban J connectivity index is 1.46. The minimum atomic E-state index is -0.504. The van der Waals surface area contributed by atoms with Crippen molar-refractivity contribution in [2.24, 2.45) is 0 Å². The second-order valence-electron chi connectivity index (χ2n) is 7.94. The van der Waals surface area contributed by atoms with E-state index in [1.807, 2.05) is 54.6 Å². The van der Waals surface area contributed by atoms with Crippen LogP contribution in [-0.4, -0.2) is 23.0 Å². The van der Waals surface area contributed by atoms with Crippen LogP contribution in [0.5, 0.6) is 0 Å². The maximum atomic E-state index is 12.2.